The van der Waals surface area contributed by atoms with Gasteiger partial charge < -0.3 is 14.8 Å². The first-order valence-electron chi connectivity index (χ1n) is 8.78. The summed E-state index contributed by atoms with van der Waals surface area (Å²) in [5.41, 5.74) is 1.89. The minimum atomic E-state index is -0.0935. The minimum Gasteiger partial charge on any atom is -0.490 e. The smallest absolute Gasteiger partial charge is 0.224 e. The molecule has 6 nitrogen and oxygen atoms in total. The summed E-state index contributed by atoms with van der Waals surface area (Å²) in [6.45, 7) is 9.74. The van der Waals surface area contributed by atoms with E-state index >= 15 is 0 Å². The lowest BCUT2D eigenvalue weighted by Crippen LogP contribution is -2.29. The zero-order valence-electron chi connectivity index (χ0n) is 15.4. The van der Waals surface area contributed by atoms with Crippen LogP contribution in [0.3, 0.4) is 0 Å². The molecule has 0 aliphatic rings. The van der Waals surface area contributed by atoms with E-state index in [1.54, 1.807) is 6.20 Å². The number of aryl methyl sites for hydroxylation is 1. The Morgan fingerprint density at radius 2 is 1.88 bits per heavy atom. The second-order valence-electron chi connectivity index (χ2n) is 5.68. The Balaban J connectivity index is 2.03. The summed E-state index contributed by atoms with van der Waals surface area (Å²) in [7, 11) is 0. The van der Waals surface area contributed by atoms with Crippen molar-refractivity contribution >= 4 is 5.91 Å². The molecular formula is C19H27N3O3. The molecule has 0 saturated carbocycles. The van der Waals surface area contributed by atoms with Crippen molar-refractivity contribution in [3.8, 4) is 11.5 Å². The van der Waals surface area contributed by atoms with Crippen LogP contribution in [0.5, 0.6) is 11.5 Å². The summed E-state index contributed by atoms with van der Waals surface area (Å²) in [5.74, 6) is 1.34. The molecule has 0 spiro atoms. The van der Waals surface area contributed by atoms with E-state index in [0.717, 1.165) is 17.8 Å². The quantitative estimate of drug-likeness (QED) is 0.758. The average Bonchev–Trinajstić information content (AvgIpc) is 3.06. The lowest BCUT2D eigenvalue weighted by atomic mass is 10.1. The molecule has 6 heteroatoms. The van der Waals surface area contributed by atoms with Gasteiger partial charge in [0.2, 0.25) is 5.91 Å². The van der Waals surface area contributed by atoms with Crippen molar-refractivity contribution in [2.45, 2.75) is 46.7 Å². The first kappa shape index (κ1) is 18.8. The monoisotopic (exact) mass is 345 g/mol. The molecule has 1 aromatic carbocycles. The average molecular weight is 345 g/mol. The SMILES string of the molecule is CCOc1ccc(CC(=O)NC(C)c2ccnn2CC)cc1OCC. The first-order valence-corrected chi connectivity index (χ1v) is 8.78. The summed E-state index contributed by atoms with van der Waals surface area (Å²) in [4.78, 5) is 12.4. The van der Waals surface area contributed by atoms with Gasteiger partial charge in [0.05, 0.1) is 31.4 Å². The van der Waals surface area contributed by atoms with E-state index in [9.17, 15) is 4.79 Å². The number of rotatable bonds is 9. The standard InChI is InChI=1S/C19H27N3O3/c1-5-22-16(10-11-20-22)14(4)21-19(23)13-15-8-9-17(24-6-2)18(12-15)25-7-3/h8-12,14H,5-7,13H2,1-4H3,(H,21,23). The number of carbonyl (C=O) groups excluding carboxylic acids is 1. The van der Waals surface area contributed by atoms with E-state index in [4.69, 9.17) is 9.47 Å². The van der Waals surface area contributed by atoms with Crippen LogP contribution in [0.4, 0.5) is 0 Å². The van der Waals surface area contributed by atoms with Crippen LogP contribution in [0, 0.1) is 0 Å². The highest BCUT2D eigenvalue weighted by Crippen LogP contribution is 2.28. The molecule has 1 amide bonds. The van der Waals surface area contributed by atoms with Gasteiger partial charge in [0.1, 0.15) is 0 Å². The van der Waals surface area contributed by atoms with Crippen LogP contribution in [0.1, 0.15) is 45.0 Å². The summed E-state index contributed by atoms with van der Waals surface area (Å²) in [6.07, 6.45) is 2.04. The third-order valence-electron chi connectivity index (χ3n) is 3.84. The molecule has 0 saturated heterocycles. The zero-order valence-corrected chi connectivity index (χ0v) is 15.4. The van der Waals surface area contributed by atoms with E-state index in [0.29, 0.717) is 24.7 Å². The van der Waals surface area contributed by atoms with Crippen LogP contribution in [-0.2, 0) is 17.8 Å². The van der Waals surface area contributed by atoms with Gasteiger partial charge in [-0.05, 0) is 51.5 Å². The fourth-order valence-electron chi connectivity index (χ4n) is 2.73. The van der Waals surface area contributed by atoms with Crippen molar-refractivity contribution in [3.05, 3.63) is 41.7 Å². The second-order valence-corrected chi connectivity index (χ2v) is 5.68. The van der Waals surface area contributed by atoms with Gasteiger partial charge >= 0.3 is 0 Å². The van der Waals surface area contributed by atoms with Crippen molar-refractivity contribution in [1.82, 2.24) is 15.1 Å². The van der Waals surface area contributed by atoms with Crippen molar-refractivity contribution in [2.75, 3.05) is 13.2 Å². The molecule has 0 bridgehead atoms. The van der Waals surface area contributed by atoms with Crippen LogP contribution in [-0.4, -0.2) is 28.9 Å². The number of hydrogen-bond donors (Lipinski definition) is 1. The molecule has 1 unspecified atom stereocenters. The van der Waals surface area contributed by atoms with Crippen LogP contribution >= 0.6 is 0 Å². The van der Waals surface area contributed by atoms with Gasteiger partial charge in [-0.1, -0.05) is 6.07 Å². The Labute approximate surface area is 149 Å². The fourth-order valence-corrected chi connectivity index (χ4v) is 2.73. The van der Waals surface area contributed by atoms with Crippen molar-refractivity contribution in [1.29, 1.82) is 0 Å². The zero-order chi connectivity index (χ0) is 18.2. The highest BCUT2D eigenvalue weighted by molar-refractivity contribution is 5.79. The molecule has 2 rings (SSSR count). The first-order chi connectivity index (χ1) is 12.1. The maximum atomic E-state index is 12.4. The number of hydrogen-bond acceptors (Lipinski definition) is 4. The molecule has 1 heterocycles. The minimum absolute atomic E-state index is 0.0389. The van der Waals surface area contributed by atoms with Crippen molar-refractivity contribution in [2.24, 2.45) is 0 Å². The Hall–Kier alpha value is -2.50. The summed E-state index contributed by atoms with van der Waals surface area (Å²) in [5, 5.41) is 7.27. The molecule has 0 fully saturated rings. The molecule has 0 aliphatic carbocycles. The maximum absolute atomic E-state index is 12.4. The van der Waals surface area contributed by atoms with E-state index < -0.39 is 0 Å². The summed E-state index contributed by atoms with van der Waals surface area (Å²) in [6, 6.07) is 7.46. The van der Waals surface area contributed by atoms with Gasteiger partial charge in [-0.15, -0.1) is 0 Å². The molecule has 136 valence electrons. The Kier molecular flexibility index (Phi) is 6.86. The van der Waals surface area contributed by atoms with E-state index in [1.165, 1.54) is 0 Å². The summed E-state index contributed by atoms with van der Waals surface area (Å²) < 4.78 is 13.1. The Morgan fingerprint density at radius 3 is 2.56 bits per heavy atom. The maximum Gasteiger partial charge on any atom is 0.224 e. The molecule has 25 heavy (non-hydrogen) atoms. The van der Waals surface area contributed by atoms with Crippen molar-refractivity contribution < 1.29 is 14.3 Å². The molecular weight excluding hydrogens is 318 g/mol. The number of ether oxygens (including phenoxy) is 2. The van der Waals surface area contributed by atoms with Gasteiger partial charge in [0.15, 0.2) is 11.5 Å². The van der Waals surface area contributed by atoms with Gasteiger partial charge in [-0.3, -0.25) is 9.48 Å². The third-order valence-corrected chi connectivity index (χ3v) is 3.84. The molecule has 1 aromatic heterocycles. The highest BCUT2D eigenvalue weighted by Gasteiger charge is 2.15. The molecule has 1 N–H and O–H groups in total. The van der Waals surface area contributed by atoms with Gasteiger partial charge in [-0.2, -0.15) is 5.10 Å². The number of carbonyl (C=O) groups is 1. The fraction of sp³-hybridized carbons (Fsp3) is 0.474. The molecule has 1 atom stereocenters. The molecule has 2 aromatic rings. The number of aromatic nitrogens is 2. The number of nitrogens with zero attached hydrogens (tertiary/aromatic N) is 2. The number of benzene rings is 1. The largest absolute Gasteiger partial charge is 0.490 e. The second kappa shape index (κ2) is 9.11. The van der Waals surface area contributed by atoms with Crippen LogP contribution in [0.15, 0.2) is 30.5 Å². The van der Waals surface area contributed by atoms with Crippen LogP contribution < -0.4 is 14.8 Å². The topological polar surface area (TPSA) is 65.4 Å². The third kappa shape index (κ3) is 4.98. The van der Waals surface area contributed by atoms with Gasteiger partial charge in [0.25, 0.3) is 0 Å². The Bertz CT molecular complexity index is 697. The van der Waals surface area contributed by atoms with Crippen LogP contribution in [0.2, 0.25) is 0 Å². The van der Waals surface area contributed by atoms with E-state index in [2.05, 4.69) is 10.4 Å². The lowest BCUT2D eigenvalue weighted by Gasteiger charge is -2.16. The Morgan fingerprint density at radius 1 is 1.16 bits per heavy atom. The van der Waals surface area contributed by atoms with Gasteiger partial charge in [-0.25, -0.2) is 0 Å². The van der Waals surface area contributed by atoms with E-state index in [-0.39, 0.29) is 18.4 Å². The predicted octanol–water partition coefficient (Wildman–Crippen LogP) is 3.12. The highest BCUT2D eigenvalue weighted by atomic mass is 16.5. The van der Waals surface area contributed by atoms with Crippen molar-refractivity contribution in [3.63, 3.8) is 0 Å². The normalized spacial score (nSPS) is 11.8. The number of amides is 1. The van der Waals surface area contributed by atoms with Crippen LogP contribution in [0.25, 0.3) is 0 Å². The predicted molar refractivity (Wildman–Crippen MR) is 96.9 cm³/mol. The molecule has 0 radical (unpaired) electrons. The lowest BCUT2D eigenvalue weighted by molar-refractivity contribution is -0.121. The van der Waals surface area contributed by atoms with E-state index in [1.807, 2.05) is 56.6 Å². The number of nitrogens with one attached hydrogen (secondary N) is 1. The summed E-state index contributed by atoms with van der Waals surface area (Å²) >= 11 is 0. The van der Waals surface area contributed by atoms with Gasteiger partial charge in [0, 0.05) is 12.7 Å². The molecule has 0 aliphatic heterocycles.